The van der Waals surface area contributed by atoms with E-state index in [9.17, 15) is 4.79 Å². The lowest BCUT2D eigenvalue weighted by molar-refractivity contribution is -0.120. The second-order valence-electron chi connectivity index (χ2n) is 4.19. The average Bonchev–Trinajstić information content (AvgIpc) is 2.86. The minimum Gasteiger partial charge on any atom is -0.378 e. The molecule has 0 aliphatic heterocycles. The van der Waals surface area contributed by atoms with Crippen molar-refractivity contribution in [1.82, 2.24) is 20.5 Å². The number of anilines is 1. The average molecular weight is 294 g/mol. The van der Waals surface area contributed by atoms with Crippen LogP contribution in [-0.4, -0.2) is 27.6 Å². The van der Waals surface area contributed by atoms with Crippen molar-refractivity contribution in [3.63, 3.8) is 0 Å². The zero-order valence-corrected chi connectivity index (χ0v) is 11.9. The smallest absolute Gasteiger partial charge is 0.227 e. The fourth-order valence-electron chi connectivity index (χ4n) is 1.65. The summed E-state index contributed by atoms with van der Waals surface area (Å²) in [6.07, 6.45) is 0.186. The van der Waals surface area contributed by atoms with Gasteiger partial charge in [0.2, 0.25) is 5.91 Å². The van der Waals surface area contributed by atoms with Gasteiger partial charge in [0.15, 0.2) is 5.82 Å². The summed E-state index contributed by atoms with van der Waals surface area (Å²) in [6.45, 7) is 2.98. The zero-order chi connectivity index (χ0) is 14.4. The van der Waals surface area contributed by atoms with Gasteiger partial charge in [-0.2, -0.15) is 5.10 Å². The second kappa shape index (κ2) is 6.91. The first-order chi connectivity index (χ1) is 9.67. The topological polar surface area (TPSA) is 82.7 Å². The maximum absolute atomic E-state index is 11.4. The Kier molecular flexibility index (Phi) is 4.95. The van der Waals surface area contributed by atoms with Crippen LogP contribution in [0, 0.1) is 0 Å². The molecule has 0 radical (unpaired) electrons. The molecule has 2 aromatic rings. The molecule has 0 aliphatic carbocycles. The van der Waals surface area contributed by atoms with Crippen LogP contribution in [0.3, 0.4) is 0 Å². The van der Waals surface area contributed by atoms with Gasteiger partial charge in [-0.15, -0.1) is 0 Å². The van der Waals surface area contributed by atoms with Gasteiger partial charge in [-0.05, 0) is 31.2 Å². The SMILES string of the molecule is CCNC(=O)Cc1n[nH]c(CNc2ccc(Cl)cc2)n1. The van der Waals surface area contributed by atoms with E-state index < -0.39 is 0 Å². The third-order valence-corrected chi connectivity index (χ3v) is 2.83. The van der Waals surface area contributed by atoms with Crippen LogP contribution in [0.15, 0.2) is 24.3 Å². The fourth-order valence-corrected chi connectivity index (χ4v) is 1.78. The third kappa shape index (κ3) is 4.24. The molecule has 106 valence electrons. The fraction of sp³-hybridized carbons (Fsp3) is 0.308. The molecule has 0 bridgehead atoms. The number of H-pyrrole nitrogens is 1. The van der Waals surface area contributed by atoms with Crippen molar-refractivity contribution in [2.24, 2.45) is 0 Å². The lowest BCUT2D eigenvalue weighted by Crippen LogP contribution is -2.24. The number of halogens is 1. The van der Waals surface area contributed by atoms with Gasteiger partial charge in [-0.1, -0.05) is 11.6 Å². The summed E-state index contributed by atoms with van der Waals surface area (Å²) in [5.74, 6) is 1.09. The Morgan fingerprint density at radius 3 is 2.80 bits per heavy atom. The van der Waals surface area contributed by atoms with Gasteiger partial charge in [-0.3, -0.25) is 9.89 Å². The van der Waals surface area contributed by atoms with Crippen molar-refractivity contribution in [2.75, 3.05) is 11.9 Å². The van der Waals surface area contributed by atoms with Gasteiger partial charge in [0.25, 0.3) is 0 Å². The van der Waals surface area contributed by atoms with E-state index in [0.717, 1.165) is 5.69 Å². The van der Waals surface area contributed by atoms with Gasteiger partial charge >= 0.3 is 0 Å². The highest BCUT2D eigenvalue weighted by Gasteiger charge is 2.07. The van der Waals surface area contributed by atoms with Crippen LogP contribution in [0.25, 0.3) is 0 Å². The van der Waals surface area contributed by atoms with E-state index in [2.05, 4.69) is 25.8 Å². The number of rotatable bonds is 6. The molecule has 3 N–H and O–H groups in total. The normalized spacial score (nSPS) is 10.3. The first-order valence-electron chi connectivity index (χ1n) is 6.33. The quantitative estimate of drug-likeness (QED) is 0.758. The van der Waals surface area contributed by atoms with Crippen molar-refractivity contribution >= 4 is 23.2 Å². The van der Waals surface area contributed by atoms with Crippen LogP contribution >= 0.6 is 11.6 Å². The minimum atomic E-state index is -0.0799. The highest BCUT2D eigenvalue weighted by molar-refractivity contribution is 6.30. The monoisotopic (exact) mass is 293 g/mol. The summed E-state index contributed by atoms with van der Waals surface area (Å²) in [4.78, 5) is 15.6. The zero-order valence-electron chi connectivity index (χ0n) is 11.1. The van der Waals surface area contributed by atoms with E-state index in [0.29, 0.717) is 29.8 Å². The minimum absolute atomic E-state index is 0.0799. The van der Waals surface area contributed by atoms with Crippen molar-refractivity contribution < 1.29 is 4.79 Å². The number of carbonyl (C=O) groups is 1. The molecular weight excluding hydrogens is 278 g/mol. The maximum atomic E-state index is 11.4. The number of nitrogens with one attached hydrogen (secondary N) is 3. The molecule has 0 saturated heterocycles. The largest absolute Gasteiger partial charge is 0.378 e. The summed E-state index contributed by atoms with van der Waals surface area (Å²) in [5, 5.41) is 13.4. The number of amides is 1. The molecule has 0 spiro atoms. The van der Waals surface area contributed by atoms with E-state index in [1.54, 1.807) is 0 Å². The van der Waals surface area contributed by atoms with E-state index in [4.69, 9.17) is 11.6 Å². The Hall–Kier alpha value is -2.08. The summed E-state index contributed by atoms with van der Waals surface area (Å²) in [5.41, 5.74) is 0.941. The maximum Gasteiger partial charge on any atom is 0.227 e. The summed E-state index contributed by atoms with van der Waals surface area (Å²) in [6, 6.07) is 7.39. The molecule has 0 unspecified atom stereocenters. The Bertz CT molecular complexity index is 566. The standard InChI is InChI=1S/C13H16ClN5O/c1-2-15-13(20)7-11-17-12(19-18-11)8-16-10-5-3-9(14)4-6-10/h3-6,16H,2,7-8H2,1H3,(H,15,20)(H,17,18,19). The van der Waals surface area contributed by atoms with Crippen LogP contribution in [-0.2, 0) is 17.8 Å². The predicted octanol–water partition coefficient (Wildman–Crippen LogP) is 1.75. The van der Waals surface area contributed by atoms with Crippen LogP contribution in [0.4, 0.5) is 5.69 Å². The van der Waals surface area contributed by atoms with E-state index in [1.165, 1.54) is 0 Å². The molecule has 0 aliphatic rings. The number of nitrogens with zero attached hydrogens (tertiary/aromatic N) is 2. The molecule has 1 amide bonds. The molecule has 1 heterocycles. The molecular formula is C13H16ClN5O. The first kappa shape index (κ1) is 14.3. The Labute approximate surface area is 121 Å². The van der Waals surface area contributed by atoms with E-state index >= 15 is 0 Å². The number of likely N-dealkylation sites (N-methyl/N-ethyl adjacent to an activating group) is 1. The predicted molar refractivity (Wildman–Crippen MR) is 77.5 cm³/mol. The Morgan fingerprint density at radius 2 is 2.10 bits per heavy atom. The number of benzene rings is 1. The number of hydrogen-bond donors (Lipinski definition) is 3. The lowest BCUT2D eigenvalue weighted by atomic mass is 10.3. The summed E-state index contributed by atoms with van der Waals surface area (Å²) >= 11 is 5.81. The highest BCUT2D eigenvalue weighted by atomic mass is 35.5. The Morgan fingerprint density at radius 1 is 1.35 bits per heavy atom. The van der Waals surface area contributed by atoms with Crippen LogP contribution < -0.4 is 10.6 Å². The van der Waals surface area contributed by atoms with Crippen LogP contribution in [0.2, 0.25) is 5.02 Å². The van der Waals surface area contributed by atoms with Gasteiger partial charge in [0.05, 0.1) is 13.0 Å². The summed E-state index contributed by atoms with van der Waals surface area (Å²) in [7, 11) is 0. The van der Waals surface area contributed by atoms with Crippen molar-refractivity contribution in [1.29, 1.82) is 0 Å². The molecule has 7 heteroatoms. The number of hydrogen-bond acceptors (Lipinski definition) is 4. The molecule has 1 aromatic heterocycles. The van der Waals surface area contributed by atoms with Gasteiger partial charge in [0, 0.05) is 17.3 Å². The molecule has 1 aromatic carbocycles. The van der Waals surface area contributed by atoms with Crippen molar-refractivity contribution in [3.05, 3.63) is 40.9 Å². The van der Waals surface area contributed by atoms with Gasteiger partial charge in [0.1, 0.15) is 5.82 Å². The third-order valence-electron chi connectivity index (χ3n) is 2.57. The van der Waals surface area contributed by atoms with Crippen molar-refractivity contribution in [3.8, 4) is 0 Å². The van der Waals surface area contributed by atoms with E-state index in [1.807, 2.05) is 31.2 Å². The van der Waals surface area contributed by atoms with Crippen LogP contribution in [0.1, 0.15) is 18.6 Å². The van der Waals surface area contributed by atoms with Crippen molar-refractivity contribution in [2.45, 2.75) is 19.9 Å². The van der Waals surface area contributed by atoms with Crippen LogP contribution in [0.5, 0.6) is 0 Å². The Balaban J connectivity index is 1.86. The van der Waals surface area contributed by atoms with E-state index in [-0.39, 0.29) is 12.3 Å². The molecule has 0 saturated carbocycles. The molecule has 2 rings (SSSR count). The molecule has 0 atom stereocenters. The number of aromatic nitrogens is 3. The second-order valence-corrected chi connectivity index (χ2v) is 4.63. The number of aromatic amines is 1. The number of carbonyl (C=O) groups excluding carboxylic acids is 1. The first-order valence-corrected chi connectivity index (χ1v) is 6.71. The molecule has 0 fully saturated rings. The van der Waals surface area contributed by atoms with Gasteiger partial charge < -0.3 is 10.6 Å². The highest BCUT2D eigenvalue weighted by Crippen LogP contribution is 2.13. The lowest BCUT2D eigenvalue weighted by Gasteiger charge is -2.03. The molecule has 20 heavy (non-hydrogen) atoms. The van der Waals surface area contributed by atoms with Gasteiger partial charge in [-0.25, -0.2) is 4.98 Å². The molecule has 6 nitrogen and oxygen atoms in total. The summed E-state index contributed by atoms with van der Waals surface area (Å²) < 4.78 is 0.